The molecular formula is C13H27N3O2. The molecule has 0 aliphatic heterocycles. The van der Waals surface area contributed by atoms with Crippen molar-refractivity contribution in [3.05, 3.63) is 0 Å². The molecule has 0 radical (unpaired) electrons. The fourth-order valence-electron chi connectivity index (χ4n) is 1.73. The maximum atomic E-state index is 11.8. The van der Waals surface area contributed by atoms with Gasteiger partial charge in [0.2, 0.25) is 11.8 Å². The molecule has 0 saturated carbocycles. The number of carbonyl (C=O) groups is 2. The van der Waals surface area contributed by atoms with Crippen LogP contribution in [0.15, 0.2) is 0 Å². The van der Waals surface area contributed by atoms with Crippen molar-refractivity contribution in [2.75, 3.05) is 6.54 Å². The zero-order valence-electron chi connectivity index (χ0n) is 12.2. The molecule has 5 nitrogen and oxygen atoms in total. The van der Waals surface area contributed by atoms with E-state index in [2.05, 4.69) is 22.9 Å². The van der Waals surface area contributed by atoms with Crippen LogP contribution in [0.25, 0.3) is 0 Å². The first-order chi connectivity index (χ1) is 8.42. The van der Waals surface area contributed by atoms with E-state index in [0.717, 1.165) is 12.8 Å². The van der Waals surface area contributed by atoms with Crippen molar-refractivity contribution in [1.29, 1.82) is 0 Å². The van der Waals surface area contributed by atoms with E-state index in [9.17, 15) is 9.59 Å². The predicted octanol–water partition coefficient (Wildman–Crippen LogP) is 0.794. The van der Waals surface area contributed by atoms with Crippen LogP contribution in [-0.2, 0) is 9.59 Å². The van der Waals surface area contributed by atoms with E-state index in [4.69, 9.17) is 0 Å². The summed E-state index contributed by atoms with van der Waals surface area (Å²) in [5, 5.41) is 8.63. The quantitative estimate of drug-likeness (QED) is 0.602. The van der Waals surface area contributed by atoms with E-state index in [1.54, 1.807) is 13.8 Å². The normalized spacial score (nSPS) is 15.6. The molecule has 0 rings (SSSR count). The van der Waals surface area contributed by atoms with E-state index >= 15 is 0 Å². The monoisotopic (exact) mass is 257 g/mol. The highest BCUT2D eigenvalue weighted by Crippen LogP contribution is 1.96. The van der Waals surface area contributed by atoms with Gasteiger partial charge in [-0.2, -0.15) is 0 Å². The average molecular weight is 257 g/mol. The smallest absolute Gasteiger partial charge is 0.237 e. The van der Waals surface area contributed by atoms with Crippen molar-refractivity contribution in [2.45, 2.75) is 65.6 Å². The number of carbonyl (C=O) groups excluding carboxylic acids is 2. The van der Waals surface area contributed by atoms with Gasteiger partial charge >= 0.3 is 0 Å². The van der Waals surface area contributed by atoms with E-state index in [1.807, 2.05) is 13.8 Å². The summed E-state index contributed by atoms with van der Waals surface area (Å²) in [5.74, 6) is -0.147. The molecule has 3 unspecified atom stereocenters. The third kappa shape index (κ3) is 6.59. The van der Waals surface area contributed by atoms with Crippen LogP contribution in [0.5, 0.6) is 0 Å². The van der Waals surface area contributed by atoms with E-state index in [1.165, 1.54) is 0 Å². The Morgan fingerprint density at radius 2 is 1.56 bits per heavy atom. The van der Waals surface area contributed by atoms with Gasteiger partial charge in [-0.1, -0.05) is 13.3 Å². The molecule has 0 bridgehead atoms. The van der Waals surface area contributed by atoms with Crippen molar-refractivity contribution >= 4 is 11.8 Å². The molecule has 2 amide bonds. The van der Waals surface area contributed by atoms with Gasteiger partial charge in [0.25, 0.3) is 0 Å². The Hall–Kier alpha value is -1.10. The molecule has 3 atom stereocenters. The Morgan fingerprint density at radius 1 is 1.00 bits per heavy atom. The van der Waals surface area contributed by atoms with Gasteiger partial charge in [0.05, 0.1) is 12.1 Å². The van der Waals surface area contributed by atoms with Crippen LogP contribution in [0.1, 0.15) is 47.5 Å². The standard InChI is InChI=1S/C13H27N3O2/c1-6-8-9(3)15-13(18)11(5)16-10(4)12(17)14-7-2/h9-11,16H,6-8H2,1-5H3,(H,14,17)(H,15,18). The zero-order valence-corrected chi connectivity index (χ0v) is 12.2. The van der Waals surface area contributed by atoms with Crippen LogP contribution in [0.3, 0.4) is 0 Å². The third-order valence-electron chi connectivity index (χ3n) is 2.75. The van der Waals surface area contributed by atoms with Crippen LogP contribution >= 0.6 is 0 Å². The highest BCUT2D eigenvalue weighted by molar-refractivity contribution is 5.84. The number of nitrogens with one attached hydrogen (secondary N) is 3. The molecule has 0 aliphatic carbocycles. The topological polar surface area (TPSA) is 70.2 Å². The number of likely N-dealkylation sites (N-methyl/N-ethyl adjacent to an activating group) is 1. The molecule has 5 heteroatoms. The van der Waals surface area contributed by atoms with Crippen LogP contribution < -0.4 is 16.0 Å². The summed E-state index contributed by atoms with van der Waals surface area (Å²) in [5.41, 5.74) is 0. The number of amides is 2. The Bertz CT molecular complexity index is 269. The molecule has 0 spiro atoms. The SMILES string of the molecule is CCCC(C)NC(=O)C(C)NC(C)C(=O)NCC. The second-order valence-electron chi connectivity index (χ2n) is 4.70. The molecule has 18 heavy (non-hydrogen) atoms. The zero-order chi connectivity index (χ0) is 14.1. The molecule has 0 aromatic heterocycles. The summed E-state index contributed by atoms with van der Waals surface area (Å²) in [6.07, 6.45) is 2.00. The van der Waals surface area contributed by atoms with E-state index in [-0.39, 0.29) is 29.9 Å². The molecule has 0 aliphatic rings. The Kier molecular flexibility index (Phi) is 8.37. The lowest BCUT2D eigenvalue weighted by Gasteiger charge is -2.21. The van der Waals surface area contributed by atoms with Gasteiger partial charge in [-0.3, -0.25) is 14.9 Å². The molecule has 0 aromatic rings. The van der Waals surface area contributed by atoms with Gasteiger partial charge in [0, 0.05) is 12.6 Å². The highest BCUT2D eigenvalue weighted by atomic mass is 16.2. The minimum atomic E-state index is -0.373. The first kappa shape index (κ1) is 16.9. The minimum Gasteiger partial charge on any atom is -0.355 e. The first-order valence-corrected chi connectivity index (χ1v) is 6.76. The summed E-state index contributed by atoms with van der Waals surface area (Å²) in [6, 6.07) is -0.569. The third-order valence-corrected chi connectivity index (χ3v) is 2.75. The Balaban J connectivity index is 4.10. The molecule has 0 fully saturated rings. The molecule has 0 aromatic carbocycles. The largest absolute Gasteiger partial charge is 0.355 e. The molecule has 106 valence electrons. The van der Waals surface area contributed by atoms with Gasteiger partial charge < -0.3 is 10.6 Å². The maximum Gasteiger partial charge on any atom is 0.237 e. The second-order valence-corrected chi connectivity index (χ2v) is 4.70. The van der Waals surface area contributed by atoms with Crippen LogP contribution in [0.2, 0.25) is 0 Å². The maximum absolute atomic E-state index is 11.8. The van der Waals surface area contributed by atoms with Gasteiger partial charge in [-0.25, -0.2) is 0 Å². The van der Waals surface area contributed by atoms with Gasteiger partial charge in [-0.15, -0.1) is 0 Å². The van der Waals surface area contributed by atoms with Gasteiger partial charge in [0.1, 0.15) is 0 Å². The second kappa shape index (κ2) is 8.91. The van der Waals surface area contributed by atoms with Crippen LogP contribution in [0.4, 0.5) is 0 Å². The summed E-state index contributed by atoms with van der Waals surface area (Å²) in [6.45, 7) is 10.1. The average Bonchev–Trinajstić information content (AvgIpc) is 2.29. The fourth-order valence-corrected chi connectivity index (χ4v) is 1.73. The lowest BCUT2D eigenvalue weighted by atomic mass is 10.1. The number of hydrogen-bond acceptors (Lipinski definition) is 3. The highest BCUT2D eigenvalue weighted by Gasteiger charge is 2.20. The fraction of sp³-hybridized carbons (Fsp3) is 0.846. The summed E-state index contributed by atoms with van der Waals surface area (Å²) < 4.78 is 0. The van der Waals surface area contributed by atoms with Crippen molar-refractivity contribution < 1.29 is 9.59 Å². The first-order valence-electron chi connectivity index (χ1n) is 6.76. The summed E-state index contributed by atoms with van der Waals surface area (Å²) in [4.78, 5) is 23.4. The lowest BCUT2D eigenvalue weighted by molar-refractivity contribution is -0.125. The van der Waals surface area contributed by atoms with Gasteiger partial charge in [-0.05, 0) is 34.1 Å². The Morgan fingerprint density at radius 3 is 2.06 bits per heavy atom. The number of rotatable bonds is 8. The van der Waals surface area contributed by atoms with Gasteiger partial charge in [0.15, 0.2) is 0 Å². The molecule has 3 N–H and O–H groups in total. The number of hydrogen-bond donors (Lipinski definition) is 3. The van der Waals surface area contributed by atoms with Crippen molar-refractivity contribution in [1.82, 2.24) is 16.0 Å². The molecule has 0 saturated heterocycles. The van der Waals surface area contributed by atoms with Crippen LogP contribution in [0, 0.1) is 0 Å². The predicted molar refractivity (Wildman–Crippen MR) is 73.3 cm³/mol. The summed E-state index contributed by atoms with van der Waals surface area (Å²) in [7, 11) is 0. The van der Waals surface area contributed by atoms with E-state index < -0.39 is 0 Å². The van der Waals surface area contributed by atoms with Crippen molar-refractivity contribution in [3.8, 4) is 0 Å². The van der Waals surface area contributed by atoms with Crippen molar-refractivity contribution in [3.63, 3.8) is 0 Å². The minimum absolute atomic E-state index is 0.0629. The Labute approximate surface area is 110 Å². The molecule has 0 heterocycles. The van der Waals surface area contributed by atoms with Crippen LogP contribution in [-0.4, -0.2) is 36.5 Å². The lowest BCUT2D eigenvalue weighted by Crippen LogP contribution is -2.52. The molecular weight excluding hydrogens is 230 g/mol. The van der Waals surface area contributed by atoms with Crippen molar-refractivity contribution in [2.24, 2.45) is 0 Å². The summed E-state index contributed by atoms with van der Waals surface area (Å²) >= 11 is 0. The van der Waals surface area contributed by atoms with E-state index in [0.29, 0.717) is 6.54 Å².